The van der Waals surface area contributed by atoms with Crippen LogP contribution in [0.1, 0.15) is 32.6 Å². The average Bonchev–Trinajstić information content (AvgIpc) is 3.05. The van der Waals surface area contributed by atoms with Crippen LogP contribution in [-0.2, 0) is 0 Å². The minimum absolute atomic E-state index is 0.243. The van der Waals surface area contributed by atoms with Crippen LogP contribution in [0.15, 0.2) is 29.3 Å². The maximum Gasteiger partial charge on any atom is 0.191 e. The summed E-state index contributed by atoms with van der Waals surface area (Å²) >= 11 is 2.25. The van der Waals surface area contributed by atoms with E-state index in [1.165, 1.54) is 25.7 Å². The third-order valence-corrected chi connectivity index (χ3v) is 4.48. The van der Waals surface area contributed by atoms with E-state index in [9.17, 15) is 5.11 Å². The van der Waals surface area contributed by atoms with Gasteiger partial charge in [0.2, 0.25) is 0 Å². The van der Waals surface area contributed by atoms with Gasteiger partial charge in [-0.2, -0.15) is 0 Å². The zero-order valence-corrected chi connectivity index (χ0v) is 15.8. The molecule has 0 radical (unpaired) electrons. The van der Waals surface area contributed by atoms with Gasteiger partial charge < -0.3 is 20.5 Å². The Kier molecular flexibility index (Phi) is 7.94. The van der Waals surface area contributed by atoms with E-state index in [4.69, 9.17) is 4.74 Å². The summed E-state index contributed by atoms with van der Waals surface area (Å²) in [6, 6.07) is 8.28. The second-order valence-corrected chi connectivity index (χ2v) is 7.01. The van der Waals surface area contributed by atoms with Crippen molar-refractivity contribution in [3.05, 3.63) is 27.8 Å². The monoisotopic (exact) mass is 431 g/mol. The molecule has 1 unspecified atom stereocenters. The Bertz CT molecular complexity index is 487. The summed E-state index contributed by atoms with van der Waals surface area (Å²) in [4.78, 5) is 4.47. The SMILES string of the molecule is CCNC(=NCC(O)COc1ccc(I)cc1)NC1CCCC1. The van der Waals surface area contributed by atoms with Crippen LogP contribution >= 0.6 is 22.6 Å². The largest absolute Gasteiger partial charge is 0.491 e. The van der Waals surface area contributed by atoms with Crippen molar-refractivity contribution in [2.45, 2.75) is 44.8 Å². The van der Waals surface area contributed by atoms with E-state index in [2.05, 4.69) is 38.2 Å². The number of aliphatic hydroxyl groups is 1. The van der Waals surface area contributed by atoms with Crippen molar-refractivity contribution in [1.82, 2.24) is 10.6 Å². The molecule has 6 heteroatoms. The number of rotatable bonds is 7. The summed E-state index contributed by atoms with van der Waals surface area (Å²) < 4.78 is 6.75. The molecule has 3 N–H and O–H groups in total. The van der Waals surface area contributed by atoms with Crippen molar-refractivity contribution in [1.29, 1.82) is 0 Å². The minimum atomic E-state index is -0.617. The molecule has 128 valence electrons. The predicted octanol–water partition coefficient (Wildman–Crippen LogP) is 2.53. The molecule has 23 heavy (non-hydrogen) atoms. The molecule has 1 aliphatic rings. The van der Waals surface area contributed by atoms with Gasteiger partial charge in [0.05, 0.1) is 6.54 Å². The van der Waals surface area contributed by atoms with Crippen LogP contribution in [0.2, 0.25) is 0 Å². The first kappa shape index (κ1) is 18.3. The van der Waals surface area contributed by atoms with Gasteiger partial charge in [0.25, 0.3) is 0 Å². The summed E-state index contributed by atoms with van der Waals surface area (Å²) in [5, 5.41) is 16.7. The van der Waals surface area contributed by atoms with Gasteiger partial charge in [0.15, 0.2) is 5.96 Å². The molecule has 1 fully saturated rings. The van der Waals surface area contributed by atoms with Crippen LogP contribution in [0.5, 0.6) is 5.75 Å². The minimum Gasteiger partial charge on any atom is -0.491 e. The van der Waals surface area contributed by atoms with Gasteiger partial charge >= 0.3 is 0 Å². The van der Waals surface area contributed by atoms with E-state index in [1.807, 2.05) is 31.2 Å². The summed E-state index contributed by atoms with van der Waals surface area (Å²) in [5.74, 6) is 1.55. The Morgan fingerprint density at radius 3 is 2.70 bits per heavy atom. The zero-order chi connectivity index (χ0) is 16.5. The van der Waals surface area contributed by atoms with E-state index in [0.717, 1.165) is 21.8 Å². The highest BCUT2D eigenvalue weighted by Crippen LogP contribution is 2.17. The third kappa shape index (κ3) is 6.95. The lowest BCUT2D eigenvalue weighted by Crippen LogP contribution is -2.43. The fraction of sp³-hybridized carbons (Fsp3) is 0.588. The molecule has 0 saturated heterocycles. The second-order valence-electron chi connectivity index (χ2n) is 5.76. The van der Waals surface area contributed by atoms with Crippen molar-refractivity contribution < 1.29 is 9.84 Å². The van der Waals surface area contributed by atoms with Crippen LogP contribution in [-0.4, -0.2) is 42.9 Å². The Balaban J connectivity index is 1.76. The van der Waals surface area contributed by atoms with Crippen LogP contribution in [0.3, 0.4) is 0 Å². The molecule has 5 nitrogen and oxygen atoms in total. The number of guanidine groups is 1. The molecule has 1 atom stereocenters. The van der Waals surface area contributed by atoms with Crippen molar-refractivity contribution in [2.24, 2.45) is 4.99 Å². The van der Waals surface area contributed by atoms with E-state index < -0.39 is 6.10 Å². The molecule has 1 aromatic carbocycles. The molecular weight excluding hydrogens is 405 g/mol. The maximum atomic E-state index is 10.1. The van der Waals surface area contributed by atoms with Crippen LogP contribution in [0.4, 0.5) is 0 Å². The fourth-order valence-corrected chi connectivity index (χ4v) is 2.92. The number of aliphatic imine (C=N–C) groups is 1. The lowest BCUT2D eigenvalue weighted by molar-refractivity contribution is 0.114. The number of hydrogen-bond donors (Lipinski definition) is 3. The number of hydrogen-bond acceptors (Lipinski definition) is 3. The highest BCUT2D eigenvalue weighted by atomic mass is 127. The first-order valence-corrected chi connectivity index (χ1v) is 9.36. The van der Waals surface area contributed by atoms with Crippen LogP contribution in [0, 0.1) is 3.57 Å². The van der Waals surface area contributed by atoms with Gasteiger partial charge in [0, 0.05) is 16.2 Å². The number of ether oxygens (including phenoxy) is 1. The quantitative estimate of drug-likeness (QED) is 0.353. The predicted molar refractivity (Wildman–Crippen MR) is 102 cm³/mol. The Hall–Kier alpha value is -1.02. The molecule has 0 heterocycles. The van der Waals surface area contributed by atoms with E-state index in [1.54, 1.807) is 0 Å². The van der Waals surface area contributed by atoms with E-state index in [-0.39, 0.29) is 6.61 Å². The summed E-state index contributed by atoms with van der Waals surface area (Å²) in [7, 11) is 0. The number of nitrogens with zero attached hydrogens (tertiary/aromatic N) is 1. The van der Waals surface area contributed by atoms with Gasteiger partial charge in [-0.25, -0.2) is 0 Å². The van der Waals surface area contributed by atoms with Crippen molar-refractivity contribution >= 4 is 28.6 Å². The number of benzene rings is 1. The fourth-order valence-electron chi connectivity index (χ4n) is 2.56. The Labute approximate surface area is 152 Å². The number of nitrogens with one attached hydrogen (secondary N) is 2. The highest BCUT2D eigenvalue weighted by Gasteiger charge is 2.16. The highest BCUT2D eigenvalue weighted by molar-refractivity contribution is 14.1. The Morgan fingerprint density at radius 2 is 2.04 bits per heavy atom. The van der Waals surface area contributed by atoms with Gasteiger partial charge in [-0.05, 0) is 66.6 Å². The number of halogens is 1. The second kappa shape index (κ2) is 9.97. The average molecular weight is 431 g/mol. The third-order valence-electron chi connectivity index (χ3n) is 3.76. The summed E-state index contributed by atoms with van der Waals surface area (Å²) in [5.41, 5.74) is 0. The van der Waals surface area contributed by atoms with Gasteiger partial charge in [0.1, 0.15) is 18.5 Å². The van der Waals surface area contributed by atoms with Gasteiger partial charge in [-0.1, -0.05) is 12.8 Å². The van der Waals surface area contributed by atoms with Gasteiger partial charge in [-0.3, -0.25) is 4.99 Å². The molecule has 0 amide bonds. The first-order chi connectivity index (χ1) is 11.2. The smallest absolute Gasteiger partial charge is 0.191 e. The van der Waals surface area contributed by atoms with E-state index in [0.29, 0.717) is 12.6 Å². The molecular formula is C17H26IN3O2. The topological polar surface area (TPSA) is 65.9 Å². The molecule has 0 spiro atoms. The maximum absolute atomic E-state index is 10.1. The summed E-state index contributed by atoms with van der Waals surface area (Å²) in [6.07, 6.45) is 4.34. The zero-order valence-electron chi connectivity index (χ0n) is 13.6. The standard InChI is InChI=1S/C17H26IN3O2/c1-2-19-17(21-14-5-3-4-6-14)20-11-15(22)12-23-16-9-7-13(18)8-10-16/h7-10,14-15,22H,2-6,11-12H2,1H3,(H2,19,20,21). The number of aliphatic hydroxyl groups excluding tert-OH is 1. The molecule has 0 bridgehead atoms. The first-order valence-electron chi connectivity index (χ1n) is 8.28. The summed E-state index contributed by atoms with van der Waals surface area (Å²) in [6.45, 7) is 3.43. The lowest BCUT2D eigenvalue weighted by Gasteiger charge is -2.17. The lowest BCUT2D eigenvalue weighted by atomic mass is 10.2. The van der Waals surface area contributed by atoms with Crippen molar-refractivity contribution in [3.8, 4) is 5.75 Å². The van der Waals surface area contributed by atoms with Crippen LogP contribution < -0.4 is 15.4 Å². The molecule has 0 aromatic heterocycles. The molecule has 2 rings (SSSR count). The molecule has 1 aromatic rings. The van der Waals surface area contributed by atoms with E-state index >= 15 is 0 Å². The molecule has 1 aliphatic carbocycles. The van der Waals surface area contributed by atoms with Crippen LogP contribution in [0.25, 0.3) is 0 Å². The molecule has 0 aliphatic heterocycles. The molecule has 1 saturated carbocycles. The van der Waals surface area contributed by atoms with Gasteiger partial charge in [-0.15, -0.1) is 0 Å². The van der Waals surface area contributed by atoms with Crippen molar-refractivity contribution in [2.75, 3.05) is 19.7 Å². The Morgan fingerprint density at radius 1 is 1.35 bits per heavy atom. The normalized spacial score (nSPS) is 17.1. The van der Waals surface area contributed by atoms with Crippen molar-refractivity contribution in [3.63, 3.8) is 0 Å².